The summed E-state index contributed by atoms with van der Waals surface area (Å²) in [6.07, 6.45) is -7.75. The molecule has 0 saturated carbocycles. The lowest BCUT2D eigenvalue weighted by molar-refractivity contribution is -0.138. The molecule has 0 unspecified atom stereocenters. The van der Waals surface area contributed by atoms with Crippen molar-refractivity contribution in [1.29, 1.82) is 0 Å². The number of hydrogen-bond donors (Lipinski definition) is 1. The van der Waals surface area contributed by atoms with Crippen molar-refractivity contribution in [3.05, 3.63) is 71.9 Å². The van der Waals surface area contributed by atoms with E-state index < -0.39 is 23.5 Å². The molecule has 2 aromatic carbocycles. The third-order valence-corrected chi connectivity index (χ3v) is 3.92. The van der Waals surface area contributed by atoms with Crippen molar-refractivity contribution in [2.45, 2.75) is 12.4 Å². The molecular weight excluding hydrogens is 370 g/mol. The summed E-state index contributed by atoms with van der Waals surface area (Å²) in [7, 11) is 0. The highest BCUT2D eigenvalue weighted by Crippen LogP contribution is 2.35. The van der Waals surface area contributed by atoms with Gasteiger partial charge in [0.25, 0.3) is 0 Å². The number of benzene rings is 2. The van der Waals surface area contributed by atoms with Crippen molar-refractivity contribution in [1.82, 2.24) is 4.98 Å². The minimum absolute atomic E-state index is 0.108. The van der Waals surface area contributed by atoms with Crippen LogP contribution in [-0.2, 0) is 12.4 Å². The number of pyridine rings is 1. The van der Waals surface area contributed by atoms with Crippen LogP contribution in [0.3, 0.4) is 0 Å². The predicted octanol–water partition coefficient (Wildman–Crippen LogP) is 6.04. The van der Waals surface area contributed by atoms with E-state index in [9.17, 15) is 26.3 Å². The van der Waals surface area contributed by atoms with E-state index in [0.717, 1.165) is 24.3 Å². The van der Waals surface area contributed by atoms with Gasteiger partial charge in [0.2, 0.25) is 0 Å². The zero-order valence-corrected chi connectivity index (χ0v) is 13.6. The highest BCUT2D eigenvalue weighted by atomic mass is 19.4. The standard InChI is InChI=1S/C19H12F6N2/c20-18(21,22)13-5-1-3-11(7-13)15-10-27-17(9-16(15)26)12-4-2-6-14(8-12)19(23,24)25/h1-10H,(H2,26,27). The van der Waals surface area contributed by atoms with E-state index in [1.807, 2.05) is 0 Å². The summed E-state index contributed by atoms with van der Waals surface area (Å²) in [5, 5.41) is 0. The number of alkyl halides is 6. The minimum Gasteiger partial charge on any atom is -0.398 e. The van der Waals surface area contributed by atoms with E-state index in [1.165, 1.54) is 36.5 Å². The van der Waals surface area contributed by atoms with Gasteiger partial charge < -0.3 is 5.73 Å². The van der Waals surface area contributed by atoms with E-state index in [4.69, 9.17) is 5.73 Å². The van der Waals surface area contributed by atoms with Crippen molar-refractivity contribution >= 4 is 5.69 Å². The number of rotatable bonds is 2. The topological polar surface area (TPSA) is 38.9 Å². The van der Waals surface area contributed by atoms with Gasteiger partial charge in [-0.3, -0.25) is 4.98 Å². The van der Waals surface area contributed by atoms with Crippen LogP contribution in [0.2, 0.25) is 0 Å². The van der Waals surface area contributed by atoms with Gasteiger partial charge in [-0.25, -0.2) is 0 Å². The highest BCUT2D eigenvalue weighted by Gasteiger charge is 2.31. The molecule has 27 heavy (non-hydrogen) atoms. The van der Waals surface area contributed by atoms with Crippen molar-refractivity contribution in [2.24, 2.45) is 0 Å². The third kappa shape index (κ3) is 4.05. The zero-order valence-electron chi connectivity index (χ0n) is 13.6. The maximum absolute atomic E-state index is 12.9. The maximum atomic E-state index is 12.9. The minimum atomic E-state index is -4.50. The second kappa shape index (κ2) is 6.61. The number of aromatic nitrogens is 1. The van der Waals surface area contributed by atoms with E-state index in [0.29, 0.717) is 0 Å². The number of halogens is 6. The Morgan fingerprint density at radius 3 is 1.74 bits per heavy atom. The first-order valence-electron chi connectivity index (χ1n) is 7.66. The average Bonchev–Trinajstić information content (AvgIpc) is 2.60. The fourth-order valence-electron chi connectivity index (χ4n) is 2.59. The molecule has 1 heterocycles. The molecule has 0 bridgehead atoms. The molecule has 1 aromatic heterocycles. The Hall–Kier alpha value is -3.03. The molecule has 3 aromatic rings. The summed E-state index contributed by atoms with van der Waals surface area (Å²) in [4.78, 5) is 4.07. The second-order valence-corrected chi connectivity index (χ2v) is 5.81. The molecule has 0 amide bonds. The van der Waals surface area contributed by atoms with Crippen LogP contribution in [-0.4, -0.2) is 4.98 Å². The van der Waals surface area contributed by atoms with Gasteiger partial charge in [0, 0.05) is 23.0 Å². The van der Waals surface area contributed by atoms with Crippen LogP contribution in [0.15, 0.2) is 60.8 Å². The second-order valence-electron chi connectivity index (χ2n) is 5.81. The molecule has 8 heteroatoms. The molecular formula is C19H12F6N2. The maximum Gasteiger partial charge on any atom is 0.416 e. The van der Waals surface area contributed by atoms with Gasteiger partial charge >= 0.3 is 12.4 Å². The molecule has 2 N–H and O–H groups in total. The lowest BCUT2D eigenvalue weighted by Crippen LogP contribution is -2.05. The van der Waals surface area contributed by atoms with Crippen molar-refractivity contribution < 1.29 is 26.3 Å². The molecule has 140 valence electrons. The van der Waals surface area contributed by atoms with Gasteiger partial charge in [0.15, 0.2) is 0 Å². The fourth-order valence-corrected chi connectivity index (χ4v) is 2.59. The molecule has 0 aliphatic heterocycles. The van der Waals surface area contributed by atoms with Gasteiger partial charge in [-0.15, -0.1) is 0 Å². The lowest BCUT2D eigenvalue weighted by atomic mass is 10.0. The van der Waals surface area contributed by atoms with Crippen LogP contribution < -0.4 is 5.73 Å². The first kappa shape index (κ1) is 18.8. The molecule has 0 radical (unpaired) electrons. The van der Waals surface area contributed by atoms with Crippen molar-refractivity contribution in [2.75, 3.05) is 5.73 Å². The van der Waals surface area contributed by atoms with Gasteiger partial charge in [0.1, 0.15) is 0 Å². The van der Waals surface area contributed by atoms with Crippen LogP contribution >= 0.6 is 0 Å². The van der Waals surface area contributed by atoms with E-state index >= 15 is 0 Å². The van der Waals surface area contributed by atoms with Crippen LogP contribution in [0.25, 0.3) is 22.4 Å². The third-order valence-electron chi connectivity index (χ3n) is 3.92. The van der Waals surface area contributed by atoms with E-state index in [1.54, 1.807) is 0 Å². The van der Waals surface area contributed by atoms with E-state index in [-0.39, 0.29) is 28.1 Å². The quantitative estimate of drug-likeness (QED) is 0.549. The molecule has 0 aliphatic rings. The van der Waals surface area contributed by atoms with E-state index in [2.05, 4.69) is 4.98 Å². The lowest BCUT2D eigenvalue weighted by Gasteiger charge is -2.12. The fraction of sp³-hybridized carbons (Fsp3) is 0.105. The van der Waals surface area contributed by atoms with Gasteiger partial charge in [-0.1, -0.05) is 24.3 Å². The Balaban J connectivity index is 2.00. The number of nitrogens with zero attached hydrogens (tertiary/aromatic N) is 1. The monoisotopic (exact) mass is 382 g/mol. The molecule has 0 atom stereocenters. The normalized spacial score (nSPS) is 12.2. The zero-order chi connectivity index (χ0) is 19.8. The molecule has 0 aliphatic carbocycles. The molecule has 0 spiro atoms. The summed E-state index contributed by atoms with van der Waals surface area (Å²) in [5.74, 6) is 0. The van der Waals surface area contributed by atoms with Crippen LogP contribution in [0.1, 0.15) is 11.1 Å². The number of hydrogen-bond acceptors (Lipinski definition) is 2. The first-order chi connectivity index (χ1) is 12.6. The summed E-state index contributed by atoms with van der Waals surface area (Å²) >= 11 is 0. The largest absolute Gasteiger partial charge is 0.416 e. The van der Waals surface area contributed by atoms with Gasteiger partial charge in [0.05, 0.1) is 16.8 Å². The summed E-state index contributed by atoms with van der Waals surface area (Å²) in [5.41, 5.74) is 5.24. The molecule has 2 nitrogen and oxygen atoms in total. The van der Waals surface area contributed by atoms with Crippen molar-refractivity contribution in [3.63, 3.8) is 0 Å². The summed E-state index contributed by atoms with van der Waals surface area (Å²) in [6.45, 7) is 0. The smallest absolute Gasteiger partial charge is 0.398 e. The van der Waals surface area contributed by atoms with Gasteiger partial charge in [-0.2, -0.15) is 26.3 Å². The average molecular weight is 382 g/mol. The number of anilines is 1. The Morgan fingerprint density at radius 1 is 0.704 bits per heavy atom. The molecule has 0 saturated heterocycles. The SMILES string of the molecule is Nc1cc(-c2cccc(C(F)(F)F)c2)ncc1-c1cccc(C(F)(F)F)c1. The molecule has 0 fully saturated rings. The Morgan fingerprint density at radius 2 is 1.22 bits per heavy atom. The van der Waals surface area contributed by atoms with Crippen LogP contribution in [0.5, 0.6) is 0 Å². The Kier molecular flexibility index (Phi) is 4.59. The Bertz CT molecular complexity index is 976. The first-order valence-corrected chi connectivity index (χ1v) is 7.66. The summed E-state index contributed by atoms with van der Waals surface area (Å²) in [6, 6.07) is 10.5. The number of nitrogens with two attached hydrogens (primary N) is 1. The van der Waals surface area contributed by atoms with Crippen molar-refractivity contribution in [3.8, 4) is 22.4 Å². The summed E-state index contributed by atoms with van der Waals surface area (Å²) < 4.78 is 77.1. The highest BCUT2D eigenvalue weighted by molar-refractivity contribution is 5.79. The van der Waals surface area contributed by atoms with Gasteiger partial charge in [-0.05, 0) is 35.9 Å². The van der Waals surface area contributed by atoms with Crippen LogP contribution in [0.4, 0.5) is 32.0 Å². The molecule has 3 rings (SSSR count). The predicted molar refractivity (Wildman–Crippen MR) is 89.5 cm³/mol. The Labute approximate surface area is 150 Å². The van der Waals surface area contributed by atoms with Crippen LogP contribution in [0, 0.1) is 0 Å². The number of nitrogen functional groups attached to an aromatic ring is 1.